The topological polar surface area (TPSA) is 39.2 Å². The number of ether oxygens (including phenoxy) is 1. The van der Waals surface area contributed by atoms with Crippen molar-refractivity contribution in [3.8, 4) is 0 Å². The van der Waals surface area contributed by atoms with Gasteiger partial charge in [-0.15, -0.1) is 0 Å². The first-order chi connectivity index (χ1) is 9.83. The van der Waals surface area contributed by atoms with Crippen molar-refractivity contribution in [2.24, 2.45) is 0 Å². The molecule has 1 rings (SSSR count). The first kappa shape index (κ1) is 15.9. The van der Waals surface area contributed by atoms with Crippen LogP contribution in [0.25, 0.3) is 6.08 Å². The zero-order valence-electron chi connectivity index (χ0n) is 11.9. The van der Waals surface area contributed by atoms with E-state index in [0.717, 1.165) is 25.0 Å². The third kappa shape index (κ3) is 8.03. The minimum Gasteiger partial charge on any atom is -0.463 e. The second-order valence-corrected chi connectivity index (χ2v) is 4.13. The number of aromatic nitrogens is 1. The Morgan fingerprint density at radius 2 is 2.10 bits per heavy atom. The van der Waals surface area contributed by atoms with Crippen LogP contribution >= 0.6 is 0 Å². The fourth-order valence-electron chi connectivity index (χ4n) is 1.53. The maximum Gasteiger partial charge on any atom is 0.330 e. The summed E-state index contributed by atoms with van der Waals surface area (Å²) in [6.07, 6.45) is 16.1. The molecular weight excluding hydrogens is 250 g/mol. The summed E-state index contributed by atoms with van der Waals surface area (Å²) in [5.74, 6) is -0.296. The summed E-state index contributed by atoms with van der Waals surface area (Å²) in [6.45, 7) is 2.20. The van der Waals surface area contributed by atoms with Crippen LogP contribution in [-0.2, 0) is 9.53 Å². The van der Waals surface area contributed by atoms with Gasteiger partial charge >= 0.3 is 5.97 Å². The Hall–Kier alpha value is -2.16. The lowest BCUT2D eigenvalue weighted by Gasteiger charge is -1.93. The number of hydrogen-bond acceptors (Lipinski definition) is 3. The molecule has 1 aromatic rings. The first-order valence-electron chi connectivity index (χ1n) is 6.90. The van der Waals surface area contributed by atoms with Crippen LogP contribution < -0.4 is 0 Å². The smallest absolute Gasteiger partial charge is 0.330 e. The quantitative estimate of drug-likeness (QED) is 0.311. The van der Waals surface area contributed by atoms with Crippen LogP contribution in [0.15, 0.2) is 54.8 Å². The molecule has 0 unspecified atom stereocenters. The van der Waals surface area contributed by atoms with E-state index in [9.17, 15) is 4.79 Å². The molecule has 0 aliphatic heterocycles. The monoisotopic (exact) mass is 271 g/mol. The summed E-state index contributed by atoms with van der Waals surface area (Å²) in [5, 5.41) is 0. The number of carbonyl (C=O) groups excluding carboxylic acids is 1. The zero-order chi connectivity index (χ0) is 14.5. The molecule has 3 nitrogen and oxygen atoms in total. The molecule has 0 radical (unpaired) electrons. The molecule has 20 heavy (non-hydrogen) atoms. The second-order valence-electron chi connectivity index (χ2n) is 4.13. The highest BCUT2D eigenvalue weighted by Gasteiger charge is 1.90. The lowest BCUT2D eigenvalue weighted by Crippen LogP contribution is -1.98. The summed E-state index contributed by atoms with van der Waals surface area (Å²) < 4.78 is 4.77. The standard InChI is InChI=1S/C17H21NO2/c1-2-20-17(19)14-9-7-5-3-4-6-8-12-16-13-10-11-15-18-16/h5,7-15H,2-4,6H2,1H3/b7-5+,12-8+,14-9+. The predicted octanol–water partition coefficient (Wildman–Crippen LogP) is 3.94. The van der Waals surface area contributed by atoms with Gasteiger partial charge in [-0.05, 0) is 44.4 Å². The van der Waals surface area contributed by atoms with E-state index in [0.29, 0.717) is 6.61 Å². The van der Waals surface area contributed by atoms with Crippen LogP contribution in [0.3, 0.4) is 0 Å². The molecule has 0 saturated heterocycles. The minimum absolute atomic E-state index is 0.296. The number of esters is 1. The molecular formula is C17H21NO2. The number of rotatable bonds is 8. The number of allylic oxidation sites excluding steroid dienone is 4. The summed E-state index contributed by atoms with van der Waals surface area (Å²) in [6, 6.07) is 5.87. The van der Waals surface area contributed by atoms with E-state index >= 15 is 0 Å². The van der Waals surface area contributed by atoms with E-state index in [1.807, 2.05) is 36.4 Å². The van der Waals surface area contributed by atoms with Gasteiger partial charge in [0.15, 0.2) is 0 Å². The summed E-state index contributed by atoms with van der Waals surface area (Å²) >= 11 is 0. The van der Waals surface area contributed by atoms with Crippen molar-refractivity contribution in [3.63, 3.8) is 0 Å². The summed E-state index contributed by atoms with van der Waals surface area (Å²) in [5.41, 5.74) is 0.986. The van der Waals surface area contributed by atoms with Gasteiger partial charge in [-0.3, -0.25) is 4.98 Å². The Balaban J connectivity index is 2.10. The second kappa shape index (κ2) is 10.7. The Kier molecular flexibility index (Phi) is 8.53. The summed E-state index contributed by atoms with van der Waals surface area (Å²) in [7, 11) is 0. The van der Waals surface area contributed by atoms with Crippen molar-refractivity contribution in [3.05, 3.63) is 60.5 Å². The van der Waals surface area contributed by atoms with Gasteiger partial charge in [-0.2, -0.15) is 0 Å². The molecule has 0 aromatic carbocycles. The predicted molar refractivity (Wildman–Crippen MR) is 82.0 cm³/mol. The van der Waals surface area contributed by atoms with Crippen LogP contribution in [0, 0.1) is 0 Å². The van der Waals surface area contributed by atoms with Crippen molar-refractivity contribution in [1.82, 2.24) is 4.98 Å². The Morgan fingerprint density at radius 3 is 2.85 bits per heavy atom. The van der Waals surface area contributed by atoms with Gasteiger partial charge in [0.2, 0.25) is 0 Å². The van der Waals surface area contributed by atoms with Gasteiger partial charge in [0.05, 0.1) is 12.3 Å². The fraction of sp³-hybridized carbons (Fsp3) is 0.294. The molecule has 3 heteroatoms. The molecule has 106 valence electrons. The third-order valence-electron chi connectivity index (χ3n) is 2.48. The average Bonchev–Trinajstić information content (AvgIpc) is 2.47. The minimum atomic E-state index is -0.296. The van der Waals surface area contributed by atoms with Gasteiger partial charge in [0, 0.05) is 12.3 Å². The van der Waals surface area contributed by atoms with Gasteiger partial charge in [0.25, 0.3) is 0 Å². The average molecular weight is 271 g/mol. The van der Waals surface area contributed by atoms with Gasteiger partial charge in [-0.1, -0.05) is 30.4 Å². The highest BCUT2D eigenvalue weighted by molar-refractivity contribution is 5.82. The third-order valence-corrected chi connectivity index (χ3v) is 2.48. The molecule has 0 bridgehead atoms. The van der Waals surface area contributed by atoms with Crippen molar-refractivity contribution in [1.29, 1.82) is 0 Å². The highest BCUT2D eigenvalue weighted by atomic mass is 16.5. The van der Waals surface area contributed by atoms with Crippen LogP contribution in [0.4, 0.5) is 0 Å². The van der Waals surface area contributed by atoms with Gasteiger partial charge in [-0.25, -0.2) is 4.79 Å². The van der Waals surface area contributed by atoms with E-state index in [1.165, 1.54) is 6.08 Å². The highest BCUT2D eigenvalue weighted by Crippen LogP contribution is 2.02. The number of nitrogens with zero attached hydrogens (tertiary/aromatic N) is 1. The Bertz CT molecular complexity index is 461. The van der Waals surface area contributed by atoms with E-state index in [4.69, 9.17) is 4.74 Å². The molecule has 0 N–H and O–H groups in total. The van der Waals surface area contributed by atoms with E-state index in [-0.39, 0.29) is 5.97 Å². The van der Waals surface area contributed by atoms with Crippen molar-refractivity contribution >= 4 is 12.0 Å². The largest absolute Gasteiger partial charge is 0.463 e. The van der Waals surface area contributed by atoms with Crippen LogP contribution in [0.5, 0.6) is 0 Å². The zero-order valence-corrected chi connectivity index (χ0v) is 11.9. The molecule has 1 heterocycles. The SMILES string of the molecule is CCOC(=O)/C=C/C=C/CCC/C=C/c1ccccn1. The van der Waals surface area contributed by atoms with Crippen molar-refractivity contribution in [2.75, 3.05) is 6.61 Å². The molecule has 0 amide bonds. The molecule has 0 atom stereocenters. The molecule has 0 aliphatic rings. The van der Waals surface area contributed by atoms with Gasteiger partial charge in [0.1, 0.15) is 0 Å². The summed E-state index contributed by atoms with van der Waals surface area (Å²) in [4.78, 5) is 15.2. The number of unbranched alkanes of at least 4 members (excludes halogenated alkanes) is 2. The number of hydrogen-bond donors (Lipinski definition) is 0. The molecule has 1 aromatic heterocycles. The fourth-order valence-corrected chi connectivity index (χ4v) is 1.53. The number of pyridine rings is 1. The van der Waals surface area contributed by atoms with E-state index in [1.54, 1.807) is 19.2 Å². The van der Waals surface area contributed by atoms with Crippen molar-refractivity contribution < 1.29 is 9.53 Å². The van der Waals surface area contributed by atoms with Crippen LogP contribution in [0.2, 0.25) is 0 Å². The maximum absolute atomic E-state index is 11.0. The number of carbonyl (C=O) groups is 1. The first-order valence-corrected chi connectivity index (χ1v) is 6.90. The lowest BCUT2D eigenvalue weighted by molar-refractivity contribution is -0.137. The molecule has 0 spiro atoms. The van der Waals surface area contributed by atoms with E-state index in [2.05, 4.69) is 11.1 Å². The molecule has 0 aliphatic carbocycles. The molecule has 0 fully saturated rings. The maximum atomic E-state index is 11.0. The lowest BCUT2D eigenvalue weighted by atomic mass is 10.2. The van der Waals surface area contributed by atoms with Crippen LogP contribution in [0.1, 0.15) is 31.9 Å². The normalized spacial score (nSPS) is 11.7. The van der Waals surface area contributed by atoms with Crippen molar-refractivity contribution in [2.45, 2.75) is 26.2 Å². The van der Waals surface area contributed by atoms with Crippen LogP contribution in [-0.4, -0.2) is 17.6 Å². The molecule has 0 saturated carbocycles. The van der Waals surface area contributed by atoms with Gasteiger partial charge < -0.3 is 4.74 Å². The Morgan fingerprint density at radius 1 is 1.25 bits per heavy atom. The van der Waals surface area contributed by atoms with E-state index < -0.39 is 0 Å². The Labute approximate surface area is 120 Å².